The summed E-state index contributed by atoms with van der Waals surface area (Å²) in [5.41, 5.74) is 1.12. The lowest BCUT2D eigenvalue weighted by Gasteiger charge is -2.52. The molecule has 0 saturated heterocycles. The van der Waals surface area contributed by atoms with Crippen molar-refractivity contribution >= 4 is 5.69 Å². The van der Waals surface area contributed by atoms with Crippen LogP contribution in [0.3, 0.4) is 0 Å². The minimum atomic E-state index is 0.0153. The van der Waals surface area contributed by atoms with Gasteiger partial charge in [-0.3, -0.25) is 4.79 Å². The Morgan fingerprint density at radius 3 is 2.70 bits per heavy atom. The molecule has 1 saturated carbocycles. The molecule has 1 heterocycles. The molecular weight excluding hydrogens is 252 g/mol. The number of pyridine rings is 1. The lowest BCUT2D eigenvalue weighted by molar-refractivity contribution is -0.108. The number of hydrogen-bond acceptors (Lipinski definition) is 3. The molecule has 2 atom stereocenters. The third kappa shape index (κ3) is 3.06. The predicted octanol–water partition coefficient (Wildman–Crippen LogP) is 2.64. The van der Waals surface area contributed by atoms with Gasteiger partial charge in [-0.25, -0.2) is 0 Å². The molecule has 2 unspecified atom stereocenters. The molecule has 1 aliphatic rings. The zero-order chi connectivity index (χ0) is 14.9. The summed E-state index contributed by atoms with van der Waals surface area (Å²) in [6.45, 7) is 9.64. The Hall–Kier alpha value is -1.29. The van der Waals surface area contributed by atoms with Crippen molar-refractivity contribution in [3.05, 3.63) is 28.7 Å². The van der Waals surface area contributed by atoms with Crippen LogP contribution in [0.15, 0.2) is 23.1 Å². The molecule has 1 aliphatic carbocycles. The first-order valence-electron chi connectivity index (χ1n) is 7.35. The van der Waals surface area contributed by atoms with Gasteiger partial charge in [0.1, 0.15) is 0 Å². The number of ether oxygens (including phenoxy) is 1. The molecule has 4 nitrogen and oxygen atoms in total. The second-order valence-corrected chi connectivity index (χ2v) is 6.84. The van der Waals surface area contributed by atoms with Crippen LogP contribution in [0.25, 0.3) is 0 Å². The molecule has 0 aromatic carbocycles. The summed E-state index contributed by atoms with van der Waals surface area (Å²) < 4.78 is 7.57. The fourth-order valence-electron chi connectivity index (χ4n) is 2.60. The number of anilines is 1. The van der Waals surface area contributed by atoms with Crippen molar-refractivity contribution in [2.45, 2.75) is 46.3 Å². The van der Waals surface area contributed by atoms with Gasteiger partial charge in [0, 0.05) is 37.4 Å². The maximum absolute atomic E-state index is 11.4. The van der Waals surface area contributed by atoms with Gasteiger partial charge in [-0.15, -0.1) is 0 Å². The quantitative estimate of drug-likeness (QED) is 0.900. The Balaban J connectivity index is 1.95. The number of rotatable bonds is 5. The van der Waals surface area contributed by atoms with Crippen molar-refractivity contribution in [2.24, 2.45) is 18.4 Å². The molecule has 0 radical (unpaired) electrons. The highest BCUT2D eigenvalue weighted by Crippen LogP contribution is 2.44. The minimum absolute atomic E-state index is 0.0153. The molecule has 20 heavy (non-hydrogen) atoms. The third-order valence-corrected chi connectivity index (χ3v) is 4.24. The Labute approximate surface area is 121 Å². The second kappa shape index (κ2) is 5.60. The van der Waals surface area contributed by atoms with E-state index < -0.39 is 0 Å². The van der Waals surface area contributed by atoms with Gasteiger partial charge in [0.15, 0.2) is 0 Å². The number of nitrogens with zero attached hydrogens (tertiary/aromatic N) is 1. The van der Waals surface area contributed by atoms with Crippen molar-refractivity contribution in [1.29, 1.82) is 0 Å². The lowest BCUT2D eigenvalue weighted by atomic mass is 9.64. The Morgan fingerprint density at radius 1 is 1.45 bits per heavy atom. The molecule has 0 amide bonds. The SMILES string of the molecule is CC(C)COC1CC(Nc2ccc(=O)n(C)c2)C1(C)C. The molecule has 2 rings (SSSR count). The van der Waals surface area contributed by atoms with Crippen LogP contribution in [-0.2, 0) is 11.8 Å². The van der Waals surface area contributed by atoms with Crippen LogP contribution < -0.4 is 10.9 Å². The van der Waals surface area contributed by atoms with Gasteiger partial charge in [0.05, 0.1) is 11.8 Å². The summed E-state index contributed by atoms with van der Waals surface area (Å²) in [4.78, 5) is 11.4. The Morgan fingerprint density at radius 2 is 2.15 bits per heavy atom. The van der Waals surface area contributed by atoms with Crippen LogP contribution >= 0.6 is 0 Å². The average Bonchev–Trinajstić information content (AvgIpc) is 2.36. The topological polar surface area (TPSA) is 43.3 Å². The molecular formula is C16H26N2O2. The summed E-state index contributed by atoms with van der Waals surface area (Å²) in [6, 6.07) is 3.83. The van der Waals surface area contributed by atoms with Crippen molar-refractivity contribution in [3.8, 4) is 0 Å². The summed E-state index contributed by atoms with van der Waals surface area (Å²) in [6.07, 6.45) is 3.18. The van der Waals surface area contributed by atoms with Crippen molar-refractivity contribution in [3.63, 3.8) is 0 Å². The Bertz CT molecular complexity index is 519. The number of aromatic nitrogens is 1. The van der Waals surface area contributed by atoms with E-state index in [4.69, 9.17) is 4.74 Å². The first-order valence-corrected chi connectivity index (χ1v) is 7.35. The standard InChI is InChI=1S/C16H26N2O2/c1-11(2)10-20-14-8-13(16(14,3)4)17-12-6-7-15(19)18(5)9-12/h6-7,9,11,13-14,17H,8,10H2,1-5H3. The van der Waals surface area contributed by atoms with Crippen LogP contribution in [0.1, 0.15) is 34.1 Å². The number of nitrogens with one attached hydrogen (secondary N) is 1. The van der Waals surface area contributed by atoms with Gasteiger partial charge in [-0.05, 0) is 18.4 Å². The van der Waals surface area contributed by atoms with E-state index >= 15 is 0 Å². The Kier molecular flexibility index (Phi) is 4.23. The van der Waals surface area contributed by atoms with Crippen LogP contribution in [0, 0.1) is 11.3 Å². The van der Waals surface area contributed by atoms with Gasteiger partial charge < -0.3 is 14.6 Å². The normalized spacial score (nSPS) is 24.5. The molecule has 0 spiro atoms. The lowest BCUT2D eigenvalue weighted by Crippen LogP contribution is -2.58. The predicted molar refractivity (Wildman–Crippen MR) is 82.1 cm³/mol. The highest BCUT2D eigenvalue weighted by Gasteiger charge is 2.49. The first-order chi connectivity index (χ1) is 9.30. The van der Waals surface area contributed by atoms with Crippen molar-refractivity contribution in [1.82, 2.24) is 4.57 Å². The van der Waals surface area contributed by atoms with Crippen LogP contribution in [-0.4, -0.2) is 23.3 Å². The van der Waals surface area contributed by atoms with Gasteiger partial charge in [0.25, 0.3) is 0 Å². The molecule has 0 bridgehead atoms. The van der Waals surface area contributed by atoms with E-state index in [-0.39, 0.29) is 11.0 Å². The van der Waals surface area contributed by atoms with Crippen molar-refractivity contribution < 1.29 is 4.74 Å². The first kappa shape index (κ1) is 15.1. The molecule has 1 N–H and O–H groups in total. The van der Waals surface area contributed by atoms with Gasteiger partial charge in [0.2, 0.25) is 5.56 Å². The van der Waals surface area contributed by atoms with Crippen molar-refractivity contribution in [2.75, 3.05) is 11.9 Å². The number of aryl methyl sites for hydroxylation is 1. The van der Waals surface area contributed by atoms with Crippen LogP contribution in [0.4, 0.5) is 5.69 Å². The third-order valence-electron chi connectivity index (χ3n) is 4.24. The molecule has 4 heteroatoms. The van der Waals surface area contributed by atoms with E-state index in [2.05, 4.69) is 33.0 Å². The highest BCUT2D eigenvalue weighted by atomic mass is 16.5. The average molecular weight is 278 g/mol. The maximum atomic E-state index is 11.4. The second-order valence-electron chi connectivity index (χ2n) is 6.84. The fraction of sp³-hybridized carbons (Fsp3) is 0.688. The molecule has 0 aliphatic heterocycles. The zero-order valence-electron chi connectivity index (χ0n) is 13.1. The molecule has 112 valence electrons. The van der Waals surface area contributed by atoms with E-state index in [1.807, 2.05) is 12.3 Å². The summed E-state index contributed by atoms with van der Waals surface area (Å²) >= 11 is 0. The fourth-order valence-corrected chi connectivity index (χ4v) is 2.60. The van der Waals surface area contributed by atoms with Crippen LogP contribution in [0.5, 0.6) is 0 Å². The maximum Gasteiger partial charge on any atom is 0.250 e. The van der Waals surface area contributed by atoms with Gasteiger partial charge in [-0.1, -0.05) is 27.7 Å². The molecule has 1 fully saturated rings. The number of hydrogen-bond donors (Lipinski definition) is 1. The monoisotopic (exact) mass is 278 g/mol. The minimum Gasteiger partial charge on any atom is -0.380 e. The van der Waals surface area contributed by atoms with Gasteiger partial charge in [-0.2, -0.15) is 0 Å². The van der Waals surface area contributed by atoms with E-state index in [0.717, 1.165) is 18.7 Å². The highest BCUT2D eigenvalue weighted by molar-refractivity contribution is 5.43. The van der Waals surface area contributed by atoms with Crippen LogP contribution in [0.2, 0.25) is 0 Å². The summed E-state index contributed by atoms with van der Waals surface area (Å²) in [5.74, 6) is 0.571. The van der Waals surface area contributed by atoms with Gasteiger partial charge >= 0.3 is 0 Å². The van der Waals surface area contributed by atoms with E-state index in [0.29, 0.717) is 18.1 Å². The summed E-state index contributed by atoms with van der Waals surface area (Å²) in [7, 11) is 1.77. The summed E-state index contributed by atoms with van der Waals surface area (Å²) in [5, 5.41) is 3.51. The zero-order valence-corrected chi connectivity index (χ0v) is 13.1. The smallest absolute Gasteiger partial charge is 0.250 e. The molecule has 1 aromatic rings. The van der Waals surface area contributed by atoms with E-state index in [9.17, 15) is 4.79 Å². The van der Waals surface area contributed by atoms with E-state index in [1.54, 1.807) is 17.7 Å². The largest absolute Gasteiger partial charge is 0.380 e. The molecule has 1 aromatic heterocycles. The van der Waals surface area contributed by atoms with E-state index in [1.165, 1.54) is 0 Å².